The van der Waals surface area contributed by atoms with Crippen molar-refractivity contribution in [1.29, 1.82) is 0 Å². The van der Waals surface area contributed by atoms with Crippen LogP contribution in [0.5, 0.6) is 0 Å². The van der Waals surface area contributed by atoms with Crippen LogP contribution >= 0.6 is 0 Å². The molecule has 2 aromatic heterocycles. The lowest BCUT2D eigenvalue weighted by Crippen LogP contribution is -2.36. The highest BCUT2D eigenvalue weighted by Gasteiger charge is 2.27. The molecule has 0 unspecified atom stereocenters. The van der Waals surface area contributed by atoms with Crippen LogP contribution in [0.25, 0.3) is 16.9 Å². The molecular weight excluding hydrogens is 412 g/mol. The number of benzene rings is 2. The largest absolute Gasteiger partial charge is 0.468 e. The summed E-state index contributed by atoms with van der Waals surface area (Å²) in [5.74, 6) is 0.750. The Kier molecular flexibility index (Phi) is 6.09. The summed E-state index contributed by atoms with van der Waals surface area (Å²) in [7, 11) is 0. The van der Waals surface area contributed by atoms with E-state index >= 15 is 0 Å². The topological polar surface area (TPSA) is 63.3 Å². The van der Waals surface area contributed by atoms with Gasteiger partial charge in [-0.3, -0.25) is 9.69 Å². The van der Waals surface area contributed by atoms with Crippen LogP contribution in [0, 0.1) is 6.92 Å². The Balaban J connectivity index is 1.44. The molecule has 3 heterocycles. The van der Waals surface area contributed by atoms with E-state index in [0.29, 0.717) is 17.8 Å². The minimum atomic E-state index is -0.135. The monoisotopic (exact) mass is 440 g/mol. The molecule has 1 fully saturated rings. The average molecular weight is 441 g/mol. The van der Waals surface area contributed by atoms with Gasteiger partial charge >= 0.3 is 0 Å². The molecule has 33 heavy (non-hydrogen) atoms. The van der Waals surface area contributed by atoms with Gasteiger partial charge in [0.25, 0.3) is 5.91 Å². The molecule has 1 saturated heterocycles. The second-order valence-corrected chi connectivity index (χ2v) is 8.53. The molecule has 1 aliphatic heterocycles. The van der Waals surface area contributed by atoms with Crippen molar-refractivity contribution in [3.63, 3.8) is 0 Å². The van der Waals surface area contributed by atoms with Crippen LogP contribution in [0.4, 0.5) is 0 Å². The fraction of sp³-hybridized carbons (Fsp3) is 0.259. The second kappa shape index (κ2) is 9.46. The van der Waals surface area contributed by atoms with Crippen LogP contribution in [0.15, 0.2) is 83.6 Å². The number of furan rings is 1. The lowest BCUT2D eigenvalue weighted by molar-refractivity contribution is 0.0934. The van der Waals surface area contributed by atoms with E-state index in [1.807, 2.05) is 73.8 Å². The summed E-state index contributed by atoms with van der Waals surface area (Å²) < 4.78 is 7.48. The smallest absolute Gasteiger partial charge is 0.255 e. The highest BCUT2D eigenvalue weighted by Crippen LogP contribution is 2.27. The van der Waals surface area contributed by atoms with E-state index in [2.05, 4.69) is 16.3 Å². The first-order valence-electron chi connectivity index (χ1n) is 11.5. The van der Waals surface area contributed by atoms with Crippen molar-refractivity contribution >= 4 is 5.91 Å². The Morgan fingerprint density at radius 3 is 2.61 bits per heavy atom. The number of carbonyl (C=O) groups excluding carboxylic acids is 1. The van der Waals surface area contributed by atoms with Gasteiger partial charge < -0.3 is 9.73 Å². The highest BCUT2D eigenvalue weighted by molar-refractivity contribution is 6.00. The van der Waals surface area contributed by atoms with Gasteiger partial charge in [0.05, 0.1) is 23.6 Å². The summed E-state index contributed by atoms with van der Waals surface area (Å²) in [6, 6.07) is 21.9. The van der Waals surface area contributed by atoms with Crippen LogP contribution < -0.4 is 5.32 Å². The maximum atomic E-state index is 13.4. The molecule has 4 aromatic rings. The number of rotatable bonds is 7. The van der Waals surface area contributed by atoms with Crippen molar-refractivity contribution in [3.05, 3.63) is 96.1 Å². The molecule has 6 nitrogen and oxygen atoms in total. The van der Waals surface area contributed by atoms with Gasteiger partial charge in [-0.25, -0.2) is 4.68 Å². The number of likely N-dealkylation sites (tertiary alicyclic amines) is 1. The minimum Gasteiger partial charge on any atom is -0.468 e. The zero-order valence-electron chi connectivity index (χ0n) is 18.8. The summed E-state index contributed by atoms with van der Waals surface area (Å²) in [4.78, 5) is 15.8. The number of carbonyl (C=O) groups is 1. The van der Waals surface area contributed by atoms with Gasteiger partial charge in [-0.15, -0.1) is 0 Å². The number of aryl methyl sites for hydroxylation is 1. The van der Waals surface area contributed by atoms with E-state index in [9.17, 15) is 4.79 Å². The summed E-state index contributed by atoms with van der Waals surface area (Å²) in [5, 5.41) is 7.95. The average Bonchev–Trinajstić information content (AvgIpc) is 3.62. The van der Waals surface area contributed by atoms with E-state index in [4.69, 9.17) is 9.52 Å². The predicted octanol–water partition coefficient (Wildman–Crippen LogP) is 5.01. The van der Waals surface area contributed by atoms with Crippen molar-refractivity contribution in [1.82, 2.24) is 20.0 Å². The maximum Gasteiger partial charge on any atom is 0.255 e. The fourth-order valence-corrected chi connectivity index (χ4v) is 4.49. The van der Waals surface area contributed by atoms with Crippen molar-refractivity contribution in [2.24, 2.45) is 0 Å². The van der Waals surface area contributed by atoms with Gasteiger partial charge in [0, 0.05) is 18.3 Å². The molecule has 1 atom stereocenters. The Labute approximate surface area is 193 Å². The molecule has 0 aliphatic carbocycles. The summed E-state index contributed by atoms with van der Waals surface area (Å²) in [6.45, 7) is 4.56. The highest BCUT2D eigenvalue weighted by atomic mass is 16.3. The number of aromatic nitrogens is 2. The Bertz CT molecular complexity index is 1210. The van der Waals surface area contributed by atoms with Crippen molar-refractivity contribution in [2.45, 2.75) is 25.8 Å². The molecule has 0 bridgehead atoms. The summed E-state index contributed by atoms with van der Waals surface area (Å²) in [6.07, 6.45) is 5.86. The molecule has 1 aliphatic rings. The van der Waals surface area contributed by atoms with Crippen LogP contribution in [-0.2, 0) is 0 Å². The summed E-state index contributed by atoms with van der Waals surface area (Å²) in [5.41, 5.74) is 4.20. The van der Waals surface area contributed by atoms with Crippen LogP contribution in [0.2, 0.25) is 0 Å². The summed E-state index contributed by atoms with van der Waals surface area (Å²) >= 11 is 0. The first-order chi connectivity index (χ1) is 16.2. The first kappa shape index (κ1) is 21.2. The standard InChI is InChI=1S/C27H28N4O2/c1-20-9-7-10-21(17-20)26-23(19-31(29-26)22-11-3-2-4-12-22)27(32)28-18-24(25-13-8-16-33-25)30-14-5-6-15-30/h2-4,7-13,16-17,19,24H,5-6,14-15,18H2,1H3,(H,28,32)/t24-/m1/s1. The van der Waals surface area contributed by atoms with E-state index in [-0.39, 0.29) is 11.9 Å². The zero-order valence-corrected chi connectivity index (χ0v) is 18.8. The van der Waals surface area contributed by atoms with Gasteiger partial charge in [-0.1, -0.05) is 42.0 Å². The molecule has 1 N–H and O–H groups in total. The van der Waals surface area contributed by atoms with E-state index in [0.717, 1.165) is 35.7 Å². The molecule has 5 rings (SSSR count). The van der Waals surface area contributed by atoms with Crippen molar-refractivity contribution in [2.75, 3.05) is 19.6 Å². The molecular formula is C27H28N4O2. The first-order valence-corrected chi connectivity index (χ1v) is 11.5. The van der Waals surface area contributed by atoms with E-state index < -0.39 is 0 Å². The Morgan fingerprint density at radius 1 is 1.06 bits per heavy atom. The molecule has 1 amide bonds. The third-order valence-electron chi connectivity index (χ3n) is 6.18. The second-order valence-electron chi connectivity index (χ2n) is 8.53. The quantitative estimate of drug-likeness (QED) is 0.439. The Morgan fingerprint density at radius 2 is 1.88 bits per heavy atom. The number of hydrogen-bond donors (Lipinski definition) is 1. The van der Waals surface area contributed by atoms with Gasteiger partial charge in [-0.05, 0) is 63.2 Å². The lowest BCUT2D eigenvalue weighted by Gasteiger charge is -2.26. The molecule has 2 aromatic carbocycles. The molecule has 0 spiro atoms. The third kappa shape index (κ3) is 4.61. The zero-order chi connectivity index (χ0) is 22.6. The molecule has 0 radical (unpaired) electrons. The third-order valence-corrected chi connectivity index (χ3v) is 6.18. The van der Waals surface area contributed by atoms with E-state index in [1.165, 1.54) is 12.8 Å². The number of hydrogen-bond acceptors (Lipinski definition) is 4. The van der Waals surface area contributed by atoms with Crippen molar-refractivity contribution < 1.29 is 9.21 Å². The Hall–Kier alpha value is -3.64. The fourth-order valence-electron chi connectivity index (χ4n) is 4.49. The molecule has 168 valence electrons. The maximum absolute atomic E-state index is 13.4. The molecule has 0 saturated carbocycles. The van der Waals surface area contributed by atoms with Crippen molar-refractivity contribution in [3.8, 4) is 16.9 Å². The lowest BCUT2D eigenvalue weighted by atomic mass is 10.1. The molecule has 6 heteroatoms. The van der Waals surface area contributed by atoms with E-state index in [1.54, 1.807) is 10.9 Å². The van der Waals surface area contributed by atoms with Gasteiger partial charge in [0.1, 0.15) is 11.5 Å². The minimum absolute atomic E-state index is 0.0260. The van der Waals surface area contributed by atoms with Gasteiger partial charge in [-0.2, -0.15) is 5.10 Å². The van der Waals surface area contributed by atoms with Crippen LogP contribution in [-0.4, -0.2) is 40.2 Å². The van der Waals surface area contributed by atoms with Gasteiger partial charge in [0.15, 0.2) is 0 Å². The SMILES string of the molecule is Cc1cccc(-c2nn(-c3ccccc3)cc2C(=O)NC[C@H](c2ccco2)N2CCCC2)c1. The van der Waals surface area contributed by atoms with Crippen LogP contribution in [0.1, 0.15) is 40.6 Å². The van der Waals surface area contributed by atoms with Crippen LogP contribution in [0.3, 0.4) is 0 Å². The number of amides is 1. The number of nitrogens with one attached hydrogen (secondary N) is 1. The number of para-hydroxylation sites is 1. The number of nitrogens with zero attached hydrogens (tertiary/aromatic N) is 3. The normalized spacial score (nSPS) is 14.9. The predicted molar refractivity (Wildman–Crippen MR) is 128 cm³/mol. The van der Waals surface area contributed by atoms with Gasteiger partial charge in [0.2, 0.25) is 0 Å².